The highest BCUT2D eigenvalue weighted by Crippen LogP contribution is 2.16. The summed E-state index contributed by atoms with van der Waals surface area (Å²) in [5.41, 5.74) is 2.51. The SMILES string of the molecule is CC(C)N(Cc1ccccc1)c1nccc(C(=O)NCc2ccncc2)n1. The van der Waals surface area contributed by atoms with E-state index in [-0.39, 0.29) is 11.9 Å². The second kappa shape index (κ2) is 8.89. The van der Waals surface area contributed by atoms with Gasteiger partial charge in [0.15, 0.2) is 0 Å². The second-order valence-corrected chi connectivity index (χ2v) is 6.49. The molecule has 0 saturated carbocycles. The Morgan fingerprint density at radius 3 is 2.44 bits per heavy atom. The number of hydrogen-bond acceptors (Lipinski definition) is 5. The van der Waals surface area contributed by atoms with E-state index >= 15 is 0 Å². The van der Waals surface area contributed by atoms with Crippen LogP contribution in [0.3, 0.4) is 0 Å². The molecule has 1 amide bonds. The molecule has 6 nitrogen and oxygen atoms in total. The minimum absolute atomic E-state index is 0.195. The molecule has 1 aromatic carbocycles. The number of nitrogens with zero attached hydrogens (tertiary/aromatic N) is 4. The number of carbonyl (C=O) groups is 1. The molecule has 0 aliphatic carbocycles. The van der Waals surface area contributed by atoms with Crippen molar-refractivity contribution in [3.8, 4) is 0 Å². The summed E-state index contributed by atoms with van der Waals surface area (Å²) in [7, 11) is 0. The number of nitrogens with one attached hydrogen (secondary N) is 1. The maximum Gasteiger partial charge on any atom is 0.270 e. The molecule has 3 aromatic rings. The lowest BCUT2D eigenvalue weighted by molar-refractivity contribution is 0.0945. The van der Waals surface area contributed by atoms with E-state index in [1.165, 1.54) is 5.56 Å². The molecule has 0 saturated heterocycles. The van der Waals surface area contributed by atoms with E-state index in [0.717, 1.165) is 5.56 Å². The van der Waals surface area contributed by atoms with Crippen LogP contribution in [0, 0.1) is 0 Å². The number of aromatic nitrogens is 3. The van der Waals surface area contributed by atoms with Crippen molar-refractivity contribution in [2.24, 2.45) is 0 Å². The minimum Gasteiger partial charge on any atom is -0.347 e. The van der Waals surface area contributed by atoms with Crippen LogP contribution < -0.4 is 10.2 Å². The van der Waals surface area contributed by atoms with Crippen LogP contribution in [-0.2, 0) is 13.1 Å². The molecule has 0 aliphatic rings. The van der Waals surface area contributed by atoms with Gasteiger partial charge in [0, 0.05) is 37.7 Å². The van der Waals surface area contributed by atoms with Crippen LogP contribution in [-0.4, -0.2) is 26.9 Å². The topological polar surface area (TPSA) is 71.0 Å². The Morgan fingerprint density at radius 2 is 1.74 bits per heavy atom. The molecule has 2 aromatic heterocycles. The molecule has 0 spiro atoms. The van der Waals surface area contributed by atoms with Crippen molar-refractivity contribution >= 4 is 11.9 Å². The van der Waals surface area contributed by atoms with E-state index < -0.39 is 0 Å². The van der Waals surface area contributed by atoms with Gasteiger partial charge in [-0.3, -0.25) is 9.78 Å². The Kier molecular flexibility index (Phi) is 6.10. The Bertz CT molecular complexity index is 868. The fourth-order valence-electron chi connectivity index (χ4n) is 2.65. The van der Waals surface area contributed by atoms with E-state index in [1.807, 2.05) is 30.3 Å². The zero-order chi connectivity index (χ0) is 19.1. The van der Waals surface area contributed by atoms with Gasteiger partial charge in [-0.15, -0.1) is 0 Å². The van der Waals surface area contributed by atoms with E-state index in [9.17, 15) is 4.79 Å². The van der Waals surface area contributed by atoms with Crippen LogP contribution >= 0.6 is 0 Å². The largest absolute Gasteiger partial charge is 0.347 e. The van der Waals surface area contributed by atoms with Crippen LogP contribution in [0.5, 0.6) is 0 Å². The van der Waals surface area contributed by atoms with Crippen molar-refractivity contribution in [3.05, 3.63) is 83.9 Å². The molecule has 0 radical (unpaired) electrons. The number of anilines is 1. The molecule has 3 rings (SSSR count). The molecule has 0 bridgehead atoms. The average Bonchev–Trinajstić information content (AvgIpc) is 2.71. The predicted octanol–water partition coefficient (Wildman–Crippen LogP) is 3.22. The summed E-state index contributed by atoms with van der Waals surface area (Å²) in [6.07, 6.45) is 5.03. The molecule has 0 atom stereocenters. The van der Waals surface area contributed by atoms with Crippen molar-refractivity contribution in [1.82, 2.24) is 20.3 Å². The molecule has 0 aliphatic heterocycles. The Hall–Kier alpha value is -3.28. The average molecular weight is 361 g/mol. The van der Waals surface area contributed by atoms with Crippen LogP contribution in [0.2, 0.25) is 0 Å². The van der Waals surface area contributed by atoms with Crippen molar-refractivity contribution in [3.63, 3.8) is 0 Å². The summed E-state index contributed by atoms with van der Waals surface area (Å²) in [4.78, 5) is 27.4. The van der Waals surface area contributed by atoms with E-state index in [2.05, 4.69) is 51.1 Å². The maximum absolute atomic E-state index is 12.5. The van der Waals surface area contributed by atoms with Gasteiger partial charge in [0.25, 0.3) is 5.91 Å². The smallest absolute Gasteiger partial charge is 0.270 e. The molecule has 0 fully saturated rings. The summed E-state index contributed by atoms with van der Waals surface area (Å²) >= 11 is 0. The predicted molar refractivity (Wildman–Crippen MR) is 105 cm³/mol. The molecular formula is C21H23N5O. The van der Waals surface area contributed by atoms with Gasteiger partial charge < -0.3 is 10.2 Å². The standard InChI is InChI=1S/C21H23N5O/c1-16(2)26(15-18-6-4-3-5-7-18)21-23-13-10-19(25-21)20(27)24-14-17-8-11-22-12-9-17/h3-13,16H,14-15H2,1-2H3,(H,24,27). The Labute approximate surface area is 159 Å². The van der Waals surface area contributed by atoms with Crippen LogP contribution in [0.1, 0.15) is 35.5 Å². The van der Waals surface area contributed by atoms with Gasteiger partial charge in [-0.1, -0.05) is 30.3 Å². The van der Waals surface area contributed by atoms with Crippen LogP contribution in [0.4, 0.5) is 5.95 Å². The van der Waals surface area contributed by atoms with Gasteiger partial charge in [0.05, 0.1) is 0 Å². The lowest BCUT2D eigenvalue weighted by Crippen LogP contribution is -2.32. The molecule has 2 heterocycles. The number of benzene rings is 1. The highest BCUT2D eigenvalue weighted by atomic mass is 16.1. The molecule has 1 N–H and O–H groups in total. The first-order valence-corrected chi connectivity index (χ1v) is 8.94. The Balaban J connectivity index is 1.73. The van der Waals surface area contributed by atoms with E-state index in [1.54, 1.807) is 24.7 Å². The van der Waals surface area contributed by atoms with Gasteiger partial charge in [-0.2, -0.15) is 0 Å². The highest BCUT2D eigenvalue weighted by molar-refractivity contribution is 5.92. The minimum atomic E-state index is -0.223. The summed E-state index contributed by atoms with van der Waals surface area (Å²) in [6, 6.07) is 15.7. The summed E-state index contributed by atoms with van der Waals surface area (Å²) in [6.45, 7) is 5.28. The summed E-state index contributed by atoms with van der Waals surface area (Å²) in [5, 5.41) is 2.88. The van der Waals surface area contributed by atoms with Crippen molar-refractivity contribution in [2.45, 2.75) is 33.0 Å². The molecule has 27 heavy (non-hydrogen) atoms. The fourth-order valence-corrected chi connectivity index (χ4v) is 2.65. The third-order valence-electron chi connectivity index (χ3n) is 4.15. The van der Waals surface area contributed by atoms with E-state index in [0.29, 0.717) is 24.7 Å². The van der Waals surface area contributed by atoms with Crippen molar-refractivity contribution < 1.29 is 4.79 Å². The monoisotopic (exact) mass is 361 g/mol. The third kappa shape index (κ3) is 5.10. The number of rotatable bonds is 7. The molecule has 6 heteroatoms. The van der Waals surface area contributed by atoms with Crippen LogP contribution in [0.25, 0.3) is 0 Å². The lowest BCUT2D eigenvalue weighted by atomic mass is 10.2. The number of amides is 1. The van der Waals surface area contributed by atoms with Gasteiger partial charge in [-0.25, -0.2) is 9.97 Å². The first kappa shape index (κ1) is 18.5. The number of hydrogen-bond donors (Lipinski definition) is 1. The number of carbonyl (C=O) groups excluding carboxylic acids is 1. The highest BCUT2D eigenvalue weighted by Gasteiger charge is 2.16. The van der Waals surface area contributed by atoms with Crippen LogP contribution in [0.15, 0.2) is 67.1 Å². The normalized spacial score (nSPS) is 10.6. The summed E-state index contributed by atoms with van der Waals surface area (Å²) in [5.74, 6) is 0.323. The second-order valence-electron chi connectivity index (χ2n) is 6.49. The van der Waals surface area contributed by atoms with Gasteiger partial charge >= 0.3 is 0 Å². The third-order valence-corrected chi connectivity index (χ3v) is 4.15. The zero-order valence-electron chi connectivity index (χ0n) is 15.5. The lowest BCUT2D eigenvalue weighted by Gasteiger charge is -2.27. The maximum atomic E-state index is 12.5. The van der Waals surface area contributed by atoms with Crippen molar-refractivity contribution in [2.75, 3.05) is 4.90 Å². The van der Waals surface area contributed by atoms with Gasteiger partial charge in [-0.05, 0) is 43.2 Å². The quantitative estimate of drug-likeness (QED) is 0.700. The van der Waals surface area contributed by atoms with Gasteiger partial charge in [0.1, 0.15) is 5.69 Å². The zero-order valence-corrected chi connectivity index (χ0v) is 15.5. The fraction of sp³-hybridized carbons (Fsp3) is 0.238. The molecule has 138 valence electrons. The summed E-state index contributed by atoms with van der Waals surface area (Å²) < 4.78 is 0. The molecular weight excluding hydrogens is 338 g/mol. The first-order chi connectivity index (χ1) is 13.1. The van der Waals surface area contributed by atoms with Gasteiger partial charge in [0.2, 0.25) is 5.95 Å². The first-order valence-electron chi connectivity index (χ1n) is 8.94. The van der Waals surface area contributed by atoms with E-state index in [4.69, 9.17) is 0 Å². The molecule has 0 unspecified atom stereocenters. The number of pyridine rings is 1. The Morgan fingerprint density at radius 1 is 1.00 bits per heavy atom. The van der Waals surface area contributed by atoms with Crippen molar-refractivity contribution in [1.29, 1.82) is 0 Å².